The fourth-order valence-corrected chi connectivity index (χ4v) is 2.68. The van der Waals surface area contributed by atoms with Crippen molar-refractivity contribution in [3.05, 3.63) is 24.0 Å². The molecular formula is C15H26N4. The largest absolute Gasteiger partial charge is 0.357 e. The van der Waals surface area contributed by atoms with Crippen LogP contribution in [0.5, 0.6) is 0 Å². The molecule has 1 aliphatic rings. The second-order valence-corrected chi connectivity index (χ2v) is 5.67. The third-order valence-corrected chi connectivity index (χ3v) is 4.37. The number of hydrogen-bond donors (Lipinski definition) is 2. The molecule has 19 heavy (non-hydrogen) atoms. The highest BCUT2D eigenvalue weighted by Crippen LogP contribution is 2.42. The molecule has 4 nitrogen and oxygen atoms in total. The summed E-state index contributed by atoms with van der Waals surface area (Å²) in [4.78, 5) is 4.29. The van der Waals surface area contributed by atoms with Crippen LogP contribution in [0.2, 0.25) is 0 Å². The number of hydrogen-bond acceptors (Lipinski definition) is 1. The molecule has 0 amide bonds. The second kappa shape index (κ2) is 6.13. The molecule has 1 aliphatic carbocycles. The van der Waals surface area contributed by atoms with E-state index < -0.39 is 0 Å². The Morgan fingerprint density at radius 1 is 1.42 bits per heavy atom. The molecule has 1 aromatic rings. The molecule has 0 bridgehead atoms. The summed E-state index contributed by atoms with van der Waals surface area (Å²) in [5.74, 6) is 0.906. The average molecular weight is 262 g/mol. The molecule has 2 rings (SSSR count). The van der Waals surface area contributed by atoms with Gasteiger partial charge >= 0.3 is 0 Å². The highest BCUT2D eigenvalue weighted by Gasteiger charge is 2.34. The van der Waals surface area contributed by atoms with Gasteiger partial charge in [0.15, 0.2) is 5.96 Å². The number of aliphatic imine (C=N–C) groups is 1. The van der Waals surface area contributed by atoms with Crippen molar-refractivity contribution >= 4 is 5.96 Å². The Morgan fingerprint density at radius 2 is 2.21 bits per heavy atom. The van der Waals surface area contributed by atoms with Gasteiger partial charge in [0, 0.05) is 39.6 Å². The van der Waals surface area contributed by atoms with Crippen molar-refractivity contribution in [2.24, 2.45) is 17.5 Å². The quantitative estimate of drug-likeness (QED) is 0.631. The van der Waals surface area contributed by atoms with E-state index in [9.17, 15) is 0 Å². The van der Waals surface area contributed by atoms with Crippen LogP contribution in [0.4, 0.5) is 0 Å². The summed E-state index contributed by atoms with van der Waals surface area (Å²) in [5.41, 5.74) is 1.80. The van der Waals surface area contributed by atoms with Crippen molar-refractivity contribution in [3.8, 4) is 0 Å². The van der Waals surface area contributed by atoms with Crippen LogP contribution in [-0.2, 0) is 13.6 Å². The minimum Gasteiger partial charge on any atom is -0.357 e. The Kier molecular flexibility index (Phi) is 4.51. The number of aromatic nitrogens is 1. The van der Waals surface area contributed by atoms with Crippen molar-refractivity contribution in [3.63, 3.8) is 0 Å². The van der Waals surface area contributed by atoms with Gasteiger partial charge < -0.3 is 15.2 Å². The first kappa shape index (κ1) is 14.0. The molecule has 106 valence electrons. The van der Waals surface area contributed by atoms with Crippen LogP contribution in [0.25, 0.3) is 0 Å². The summed E-state index contributed by atoms with van der Waals surface area (Å²) in [5, 5.41) is 6.84. The van der Waals surface area contributed by atoms with E-state index in [1.165, 1.54) is 31.2 Å². The van der Waals surface area contributed by atoms with Crippen molar-refractivity contribution in [1.82, 2.24) is 15.2 Å². The molecule has 1 aromatic heterocycles. The van der Waals surface area contributed by atoms with Crippen molar-refractivity contribution in [2.45, 2.75) is 39.2 Å². The molecule has 4 heteroatoms. The van der Waals surface area contributed by atoms with E-state index in [0.29, 0.717) is 5.41 Å². The molecule has 0 spiro atoms. The molecule has 0 aromatic carbocycles. The van der Waals surface area contributed by atoms with Gasteiger partial charge in [0.1, 0.15) is 0 Å². The van der Waals surface area contributed by atoms with Crippen molar-refractivity contribution in [2.75, 3.05) is 13.6 Å². The van der Waals surface area contributed by atoms with E-state index >= 15 is 0 Å². The zero-order valence-corrected chi connectivity index (χ0v) is 12.4. The monoisotopic (exact) mass is 262 g/mol. The van der Waals surface area contributed by atoms with Gasteiger partial charge in [-0.2, -0.15) is 0 Å². The Hall–Kier alpha value is -1.45. The normalized spacial score (nSPS) is 17.9. The first-order chi connectivity index (χ1) is 9.17. The summed E-state index contributed by atoms with van der Waals surface area (Å²) in [6.07, 6.45) is 9.53. The Bertz CT molecular complexity index is 424. The predicted molar refractivity (Wildman–Crippen MR) is 80.2 cm³/mol. The van der Waals surface area contributed by atoms with Crippen LogP contribution in [0.1, 0.15) is 38.2 Å². The Labute approximate surface area is 116 Å². The van der Waals surface area contributed by atoms with E-state index in [0.717, 1.165) is 19.0 Å². The van der Waals surface area contributed by atoms with E-state index in [4.69, 9.17) is 0 Å². The summed E-state index contributed by atoms with van der Waals surface area (Å²) in [7, 11) is 3.87. The van der Waals surface area contributed by atoms with Crippen LogP contribution in [-0.4, -0.2) is 24.1 Å². The number of guanidine groups is 1. The van der Waals surface area contributed by atoms with Gasteiger partial charge in [-0.05, 0) is 36.3 Å². The van der Waals surface area contributed by atoms with Gasteiger partial charge in [-0.3, -0.25) is 4.99 Å². The van der Waals surface area contributed by atoms with Crippen LogP contribution in [0.3, 0.4) is 0 Å². The number of nitrogens with zero attached hydrogens (tertiary/aromatic N) is 2. The van der Waals surface area contributed by atoms with E-state index in [-0.39, 0.29) is 0 Å². The molecule has 1 fully saturated rings. The third kappa shape index (κ3) is 3.52. The summed E-state index contributed by atoms with van der Waals surface area (Å²) in [6.45, 7) is 4.15. The zero-order chi connectivity index (χ0) is 13.7. The lowest BCUT2D eigenvalue weighted by Crippen LogP contribution is -2.46. The van der Waals surface area contributed by atoms with Gasteiger partial charge in [0.2, 0.25) is 0 Å². The molecule has 1 heterocycles. The second-order valence-electron chi connectivity index (χ2n) is 5.67. The van der Waals surface area contributed by atoms with E-state index in [1.54, 1.807) is 0 Å². The highest BCUT2D eigenvalue weighted by atomic mass is 15.2. The minimum absolute atomic E-state index is 0.518. The fraction of sp³-hybridized carbons (Fsp3) is 0.667. The Morgan fingerprint density at radius 3 is 2.68 bits per heavy atom. The van der Waals surface area contributed by atoms with Gasteiger partial charge in [-0.15, -0.1) is 0 Å². The molecule has 0 radical (unpaired) electrons. The smallest absolute Gasteiger partial charge is 0.191 e. The molecular weight excluding hydrogens is 236 g/mol. The third-order valence-electron chi connectivity index (χ3n) is 4.37. The molecule has 0 aliphatic heterocycles. The summed E-state index contributed by atoms with van der Waals surface area (Å²) in [6, 6.07) is 2.12. The topological polar surface area (TPSA) is 41.4 Å². The lowest BCUT2D eigenvalue weighted by Gasteiger charge is -2.41. The number of aryl methyl sites for hydroxylation is 1. The summed E-state index contributed by atoms with van der Waals surface area (Å²) >= 11 is 0. The zero-order valence-electron chi connectivity index (χ0n) is 12.4. The molecule has 1 saturated carbocycles. The number of rotatable bonds is 5. The van der Waals surface area contributed by atoms with Gasteiger partial charge in [-0.1, -0.05) is 13.3 Å². The van der Waals surface area contributed by atoms with Crippen molar-refractivity contribution in [1.29, 1.82) is 0 Å². The van der Waals surface area contributed by atoms with Crippen LogP contribution < -0.4 is 10.6 Å². The van der Waals surface area contributed by atoms with Gasteiger partial charge in [0.05, 0.1) is 0 Å². The molecule has 0 saturated heterocycles. The van der Waals surface area contributed by atoms with Crippen LogP contribution in [0.15, 0.2) is 23.5 Å². The standard InChI is InChI=1S/C15H26N4/c1-4-15(7-5-8-15)12-18-14(16-2)17-10-13-6-9-19(3)11-13/h6,9,11H,4-5,7-8,10,12H2,1-3H3,(H2,16,17,18). The fourth-order valence-electron chi connectivity index (χ4n) is 2.68. The molecule has 2 N–H and O–H groups in total. The average Bonchev–Trinajstić information content (AvgIpc) is 2.78. The lowest BCUT2D eigenvalue weighted by molar-refractivity contribution is 0.131. The van der Waals surface area contributed by atoms with E-state index in [1.807, 2.05) is 14.1 Å². The molecule has 0 atom stereocenters. The van der Waals surface area contributed by atoms with Crippen LogP contribution >= 0.6 is 0 Å². The maximum Gasteiger partial charge on any atom is 0.191 e. The number of nitrogens with one attached hydrogen (secondary N) is 2. The lowest BCUT2D eigenvalue weighted by atomic mass is 9.67. The van der Waals surface area contributed by atoms with Crippen LogP contribution in [0, 0.1) is 5.41 Å². The molecule has 0 unspecified atom stereocenters. The van der Waals surface area contributed by atoms with Crippen molar-refractivity contribution < 1.29 is 0 Å². The van der Waals surface area contributed by atoms with Gasteiger partial charge in [-0.25, -0.2) is 0 Å². The summed E-state index contributed by atoms with van der Waals surface area (Å²) < 4.78 is 2.06. The SMILES string of the molecule is CCC1(CNC(=NC)NCc2ccn(C)c2)CCC1. The minimum atomic E-state index is 0.518. The van der Waals surface area contributed by atoms with Gasteiger partial charge in [0.25, 0.3) is 0 Å². The van der Waals surface area contributed by atoms with E-state index in [2.05, 4.69) is 45.6 Å². The maximum absolute atomic E-state index is 4.29. The predicted octanol–water partition coefficient (Wildman–Crippen LogP) is 2.27. The highest BCUT2D eigenvalue weighted by molar-refractivity contribution is 5.79. The first-order valence-electron chi connectivity index (χ1n) is 7.23. The first-order valence-corrected chi connectivity index (χ1v) is 7.23. The maximum atomic E-state index is 4.29. The Balaban J connectivity index is 1.77.